The largest absolute Gasteiger partial charge is 0.458 e. The van der Waals surface area contributed by atoms with Crippen molar-refractivity contribution in [2.45, 2.75) is 0 Å². The molecule has 0 fully saturated rings. The van der Waals surface area contributed by atoms with Gasteiger partial charge in [0.1, 0.15) is 6.61 Å². The number of carbonyl (C=O) groups excluding carboxylic acids is 1. The molecule has 0 bridgehead atoms. The first kappa shape index (κ1) is 6.00. The fraction of sp³-hybridized carbons (Fsp3) is 0.100. The Hall–Kier alpha value is -1.57. The highest BCUT2D eigenvalue weighted by Gasteiger charge is 2.02. The summed E-state index contributed by atoms with van der Waals surface area (Å²) in [6, 6.07) is 8.59. The molecule has 62 valence electrons. The quantitative estimate of drug-likeness (QED) is 0.504. The summed E-state index contributed by atoms with van der Waals surface area (Å²) in [5, 5.41) is 0. The molecule has 0 aliphatic heterocycles. The van der Waals surface area contributed by atoms with Gasteiger partial charge in [0, 0.05) is 0 Å². The van der Waals surface area contributed by atoms with Gasteiger partial charge < -0.3 is 4.74 Å². The Balaban J connectivity index is 2.48. The monoisotopic (exact) mass is 164 g/mol. The highest BCUT2D eigenvalue weighted by Crippen LogP contribution is 2.00. The molecule has 0 unspecified atom stereocenters. The van der Waals surface area contributed by atoms with Crippen LogP contribution in [-0.2, 0) is 4.74 Å². The Morgan fingerprint density at radius 2 is 2.33 bits per heavy atom. The molecule has 0 amide bonds. The number of rotatable bonds is 3. The average molecular weight is 164 g/mol. The van der Waals surface area contributed by atoms with Crippen LogP contribution in [0.3, 0.4) is 0 Å². The van der Waals surface area contributed by atoms with E-state index in [-0.39, 0.29) is 13.1 Å². The normalized spacial score (nSPS) is 11.0. The van der Waals surface area contributed by atoms with Crippen LogP contribution in [0.5, 0.6) is 0 Å². The summed E-state index contributed by atoms with van der Waals surface area (Å²) in [4.78, 5) is 11.3. The Labute approximate surface area is 74.3 Å². The summed E-state index contributed by atoms with van der Waals surface area (Å²) in [5.74, 6) is -0.442. The molecule has 0 aliphatic carbocycles. The summed E-state index contributed by atoms with van der Waals surface area (Å²) in [7, 11) is 0. The number of hydrogen-bond acceptors (Lipinski definition) is 2. The predicted molar refractivity (Wildman–Crippen MR) is 46.9 cm³/mol. The van der Waals surface area contributed by atoms with Gasteiger partial charge in [0.2, 0.25) is 0 Å². The highest BCUT2D eigenvalue weighted by atomic mass is 16.5. The molecule has 0 heterocycles. The van der Waals surface area contributed by atoms with Crippen molar-refractivity contribution in [1.82, 2.24) is 0 Å². The van der Waals surface area contributed by atoms with Gasteiger partial charge in [-0.1, -0.05) is 30.8 Å². The fourth-order valence-corrected chi connectivity index (χ4v) is 0.775. The molecule has 2 nitrogen and oxygen atoms in total. The molecule has 0 aromatic heterocycles. The smallest absolute Gasteiger partial charge is 0.338 e. The van der Waals surface area contributed by atoms with Gasteiger partial charge in [-0.15, -0.1) is 0 Å². The van der Waals surface area contributed by atoms with Crippen LogP contribution >= 0.6 is 0 Å². The first-order chi connectivity index (χ1) is 6.70. The minimum Gasteiger partial charge on any atom is -0.458 e. The molecule has 0 N–H and O–H groups in total. The Morgan fingerprint density at radius 3 is 3.00 bits per heavy atom. The molecule has 0 radical (unpaired) electrons. The molecule has 0 saturated heterocycles. The van der Waals surface area contributed by atoms with Gasteiger partial charge in [0.25, 0.3) is 0 Å². The van der Waals surface area contributed by atoms with Crippen LogP contribution in [0.15, 0.2) is 42.9 Å². The van der Waals surface area contributed by atoms with E-state index in [1.165, 1.54) is 6.08 Å². The lowest BCUT2D eigenvalue weighted by Gasteiger charge is -1.99. The third kappa shape index (κ3) is 2.23. The lowest BCUT2D eigenvalue weighted by molar-refractivity contribution is 0.0550. The SMILES string of the molecule is [2H]C([2H])=CCOC(=O)c1ccccc1. The van der Waals surface area contributed by atoms with Crippen molar-refractivity contribution in [1.29, 1.82) is 0 Å². The third-order valence-electron chi connectivity index (χ3n) is 1.31. The first-order valence-electron chi connectivity index (χ1n) is 4.55. The fourth-order valence-electron chi connectivity index (χ4n) is 0.775. The van der Waals surface area contributed by atoms with Crippen molar-refractivity contribution in [2.75, 3.05) is 6.61 Å². The van der Waals surface area contributed by atoms with Crippen LogP contribution in [0, 0.1) is 0 Å². The molecular formula is C10H10O2. The molecule has 1 rings (SSSR count). The van der Waals surface area contributed by atoms with Crippen molar-refractivity contribution < 1.29 is 12.3 Å². The first-order valence-corrected chi connectivity index (χ1v) is 3.55. The molecular weight excluding hydrogens is 152 g/mol. The van der Waals surface area contributed by atoms with Gasteiger partial charge in [-0.2, -0.15) is 0 Å². The Bertz CT molecular complexity index is 329. The zero-order valence-corrected chi connectivity index (χ0v) is 6.49. The zero-order chi connectivity index (χ0) is 10.4. The lowest BCUT2D eigenvalue weighted by atomic mass is 10.2. The molecule has 1 aromatic rings. The number of ether oxygens (including phenoxy) is 1. The molecule has 2 heteroatoms. The number of hydrogen-bond donors (Lipinski definition) is 0. The van der Waals surface area contributed by atoms with Gasteiger partial charge in [-0.3, -0.25) is 0 Å². The standard InChI is InChI=1S/C10H10O2/c1-2-8-12-10(11)9-6-4-3-5-7-9/h2-7H,1,8H2/i1D2. The molecule has 0 spiro atoms. The summed E-state index contributed by atoms with van der Waals surface area (Å²) in [6.07, 6.45) is 1.21. The molecule has 0 saturated carbocycles. The van der Waals surface area contributed by atoms with E-state index < -0.39 is 5.97 Å². The summed E-state index contributed by atoms with van der Waals surface area (Å²) in [6.45, 7) is -0.387. The van der Waals surface area contributed by atoms with Crippen molar-refractivity contribution in [2.24, 2.45) is 0 Å². The van der Waals surface area contributed by atoms with E-state index in [2.05, 4.69) is 0 Å². The van der Waals surface area contributed by atoms with Crippen LogP contribution in [0.4, 0.5) is 0 Å². The van der Waals surface area contributed by atoms with Crippen LogP contribution in [0.2, 0.25) is 0 Å². The second-order valence-electron chi connectivity index (χ2n) is 2.17. The second kappa shape index (κ2) is 4.34. The maximum absolute atomic E-state index is 11.3. The van der Waals surface area contributed by atoms with Gasteiger partial charge in [0.05, 0.1) is 8.30 Å². The van der Waals surface area contributed by atoms with E-state index >= 15 is 0 Å². The van der Waals surface area contributed by atoms with E-state index in [1.54, 1.807) is 24.3 Å². The van der Waals surface area contributed by atoms with Gasteiger partial charge in [0.15, 0.2) is 0 Å². The highest BCUT2D eigenvalue weighted by molar-refractivity contribution is 5.89. The van der Waals surface area contributed by atoms with Crippen molar-refractivity contribution in [3.05, 3.63) is 48.5 Å². The Kier molecular flexibility index (Phi) is 2.17. The lowest BCUT2D eigenvalue weighted by Crippen LogP contribution is -2.04. The van der Waals surface area contributed by atoms with Crippen LogP contribution in [0.1, 0.15) is 13.1 Å². The van der Waals surface area contributed by atoms with Crippen molar-refractivity contribution in [3.8, 4) is 0 Å². The zero-order valence-electron chi connectivity index (χ0n) is 8.49. The maximum Gasteiger partial charge on any atom is 0.338 e. The third-order valence-corrected chi connectivity index (χ3v) is 1.31. The van der Waals surface area contributed by atoms with E-state index in [1.807, 2.05) is 6.07 Å². The summed E-state index contributed by atoms with van der Waals surface area (Å²) < 4.78 is 18.3. The van der Waals surface area contributed by atoms with E-state index in [4.69, 9.17) is 7.48 Å². The van der Waals surface area contributed by atoms with Crippen molar-refractivity contribution >= 4 is 5.97 Å². The van der Waals surface area contributed by atoms with Crippen LogP contribution in [-0.4, -0.2) is 12.6 Å². The summed E-state index contributed by atoms with van der Waals surface area (Å²) >= 11 is 0. The van der Waals surface area contributed by atoms with E-state index in [0.717, 1.165) is 0 Å². The predicted octanol–water partition coefficient (Wildman–Crippen LogP) is 2.03. The topological polar surface area (TPSA) is 26.3 Å². The van der Waals surface area contributed by atoms with Gasteiger partial charge in [-0.05, 0) is 12.1 Å². The summed E-state index contributed by atoms with van der Waals surface area (Å²) in [5.41, 5.74) is 0.470. The van der Waals surface area contributed by atoms with Gasteiger partial charge in [-0.25, -0.2) is 4.79 Å². The van der Waals surface area contributed by atoms with E-state index in [9.17, 15) is 4.79 Å². The number of benzene rings is 1. The molecule has 12 heavy (non-hydrogen) atoms. The minimum absolute atomic E-state index is 0.0317. The van der Waals surface area contributed by atoms with Gasteiger partial charge >= 0.3 is 5.97 Å². The maximum atomic E-state index is 11.3. The minimum atomic E-state index is -0.442. The van der Waals surface area contributed by atoms with Crippen molar-refractivity contribution in [3.63, 3.8) is 0 Å². The molecule has 0 atom stereocenters. The number of carbonyl (C=O) groups is 1. The number of esters is 1. The average Bonchev–Trinajstić information content (AvgIpc) is 2.18. The molecule has 0 aliphatic rings. The van der Waals surface area contributed by atoms with Crippen LogP contribution < -0.4 is 0 Å². The van der Waals surface area contributed by atoms with E-state index in [0.29, 0.717) is 5.56 Å². The molecule has 1 aromatic carbocycles. The van der Waals surface area contributed by atoms with Crippen LogP contribution in [0.25, 0.3) is 0 Å². The Morgan fingerprint density at radius 1 is 1.58 bits per heavy atom. The second-order valence-corrected chi connectivity index (χ2v) is 2.17.